The minimum atomic E-state index is -0.382. The van der Waals surface area contributed by atoms with Crippen LogP contribution in [0.1, 0.15) is 11.1 Å². The number of carbonyl (C=O) groups is 2. The first-order chi connectivity index (χ1) is 12.6. The molecule has 0 radical (unpaired) electrons. The first-order valence-corrected chi connectivity index (χ1v) is 8.87. The Morgan fingerprint density at radius 1 is 0.731 bits per heavy atom. The zero-order chi connectivity index (χ0) is 17.8. The van der Waals surface area contributed by atoms with Crippen LogP contribution in [-0.2, 0) is 9.59 Å². The van der Waals surface area contributed by atoms with E-state index in [2.05, 4.69) is 31.2 Å². The van der Waals surface area contributed by atoms with E-state index in [0.29, 0.717) is 16.7 Å². The third-order valence-corrected chi connectivity index (χ3v) is 5.37. The fraction of sp³-hybridized carbons (Fsp3) is 0. The highest BCUT2D eigenvalue weighted by atomic mass is 79.9. The van der Waals surface area contributed by atoms with Crippen LogP contribution >= 0.6 is 15.9 Å². The summed E-state index contributed by atoms with van der Waals surface area (Å²) in [6.07, 6.45) is 3.56. The maximum atomic E-state index is 12.7. The molecule has 0 atom stereocenters. The number of hydrogen-bond acceptors (Lipinski definition) is 2. The normalized spacial score (nSPS) is 14.7. The molecule has 2 aromatic carbocycles. The molecule has 26 heavy (non-hydrogen) atoms. The molecule has 2 aromatic heterocycles. The Morgan fingerprint density at radius 2 is 1.38 bits per heavy atom. The number of nitrogens with one attached hydrogen (secondary N) is 3. The number of para-hydroxylation sites is 1. The minimum Gasteiger partial charge on any atom is -0.361 e. The molecule has 0 unspecified atom stereocenters. The second-order valence-corrected chi connectivity index (χ2v) is 7.00. The smallest absolute Gasteiger partial charge is 0.259 e. The van der Waals surface area contributed by atoms with Gasteiger partial charge in [0, 0.05) is 49.8 Å². The van der Waals surface area contributed by atoms with E-state index in [1.165, 1.54) is 0 Å². The molecule has 0 fully saturated rings. The van der Waals surface area contributed by atoms with Crippen molar-refractivity contribution in [2.75, 3.05) is 0 Å². The number of H-pyrrole nitrogens is 2. The Labute approximate surface area is 156 Å². The quantitative estimate of drug-likeness (QED) is 0.441. The molecule has 3 heterocycles. The molecular formula is C20H12BrN3O2. The standard InChI is InChI=1S/C20H12BrN3O2/c21-13-5-3-7-15-16(13)12(9-23-15)18-17(19(25)24-20(18)26)11-8-22-14-6-2-1-4-10(11)14/h1-9,22-23H,(H,24,25,26). The Balaban J connectivity index is 1.87. The molecule has 0 bridgehead atoms. The van der Waals surface area contributed by atoms with Crippen LogP contribution in [0.4, 0.5) is 0 Å². The first-order valence-electron chi connectivity index (χ1n) is 8.07. The maximum absolute atomic E-state index is 12.7. The summed E-state index contributed by atoms with van der Waals surface area (Å²) in [5.74, 6) is -0.761. The van der Waals surface area contributed by atoms with Gasteiger partial charge in [0.1, 0.15) is 0 Å². The molecule has 0 saturated carbocycles. The van der Waals surface area contributed by atoms with Crippen LogP contribution in [0.3, 0.4) is 0 Å². The van der Waals surface area contributed by atoms with Gasteiger partial charge in [0.05, 0.1) is 11.1 Å². The van der Waals surface area contributed by atoms with Crippen molar-refractivity contribution in [3.63, 3.8) is 0 Å². The van der Waals surface area contributed by atoms with Crippen LogP contribution < -0.4 is 5.32 Å². The predicted octanol–water partition coefficient (Wildman–Crippen LogP) is 3.98. The fourth-order valence-corrected chi connectivity index (χ4v) is 4.16. The second kappa shape index (κ2) is 5.44. The van der Waals surface area contributed by atoms with Crippen LogP contribution in [0.15, 0.2) is 59.3 Å². The number of aromatic amines is 2. The lowest BCUT2D eigenvalue weighted by molar-refractivity contribution is -0.122. The number of aromatic nitrogens is 2. The van der Waals surface area contributed by atoms with Gasteiger partial charge < -0.3 is 9.97 Å². The lowest BCUT2D eigenvalue weighted by Crippen LogP contribution is -2.22. The van der Waals surface area contributed by atoms with E-state index >= 15 is 0 Å². The van der Waals surface area contributed by atoms with E-state index in [9.17, 15) is 9.59 Å². The summed E-state index contributed by atoms with van der Waals surface area (Å²) >= 11 is 3.55. The molecular weight excluding hydrogens is 394 g/mol. The van der Waals surface area contributed by atoms with Gasteiger partial charge >= 0.3 is 0 Å². The van der Waals surface area contributed by atoms with Crippen molar-refractivity contribution < 1.29 is 9.59 Å². The molecule has 1 aliphatic rings. The number of benzene rings is 2. The molecule has 5 nitrogen and oxygen atoms in total. The maximum Gasteiger partial charge on any atom is 0.259 e. The molecule has 2 amide bonds. The van der Waals surface area contributed by atoms with Crippen molar-refractivity contribution in [1.29, 1.82) is 0 Å². The number of hydrogen-bond donors (Lipinski definition) is 3. The SMILES string of the molecule is O=C1NC(=O)C(c2c[nH]c3cccc(Br)c23)=C1c1c[nH]c2ccccc12. The van der Waals surface area contributed by atoms with Gasteiger partial charge in [-0.3, -0.25) is 14.9 Å². The lowest BCUT2D eigenvalue weighted by Gasteiger charge is -2.04. The van der Waals surface area contributed by atoms with E-state index in [-0.39, 0.29) is 11.8 Å². The number of fused-ring (bicyclic) bond motifs is 2. The van der Waals surface area contributed by atoms with Gasteiger partial charge in [-0.25, -0.2) is 0 Å². The minimum absolute atomic E-state index is 0.379. The Morgan fingerprint density at radius 3 is 2.23 bits per heavy atom. The molecule has 3 N–H and O–H groups in total. The van der Waals surface area contributed by atoms with Crippen LogP contribution in [0.5, 0.6) is 0 Å². The molecule has 126 valence electrons. The average Bonchev–Trinajstić information content (AvgIpc) is 3.30. The Bertz CT molecular complexity index is 1260. The molecule has 1 aliphatic heterocycles. The second-order valence-electron chi connectivity index (χ2n) is 6.15. The monoisotopic (exact) mass is 405 g/mol. The van der Waals surface area contributed by atoms with Gasteiger partial charge in [0.25, 0.3) is 11.8 Å². The number of rotatable bonds is 2. The van der Waals surface area contributed by atoms with Gasteiger partial charge in [-0.05, 0) is 18.2 Å². The van der Waals surface area contributed by atoms with Crippen molar-refractivity contribution in [3.8, 4) is 0 Å². The van der Waals surface area contributed by atoms with Crippen molar-refractivity contribution >= 4 is 60.7 Å². The largest absolute Gasteiger partial charge is 0.361 e. The van der Waals surface area contributed by atoms with Crippen LogP contribution in [0.25, 0.3) is 33.0 Å². The van der Waals surface area contributed by atoms with E-state index in [4.69, 9.17) is 0 Å². The first kappa shape index (κ1) is 15.2. The van der Waals surface area contributed by atoms with E-state index in [0.717, 1.165) is 31.8 Å². The van der Waals surface area contributed by atoms with Gasteiger partial charge in [-0.1, -0.05) is 40.2 Å². The van der Waals surface area contributed by atoms with E-state index in [1.807, 2.05) is 42.5 Å². The zero-order valence-corrected chi connectivity index (χ0v) is 15.0. The van der Waals surface area contributed by atoms with Crippen molar-refractivity contribution in [1.82, 2.24) is 15.3 Å². The van der Waals surface area contributed by atoms with Crippen LogP contribution in [0.2, 0.25) is 0 Å². The fourth-order valence-electron chi connectivity index (χ4n) is 3.58. The van der Waals surface area contributed by atoms with Crippen LogP contribution in [0, 0.1) is 0 Å². The summed E-state index contributed by atoms with van der Waals surface area (Å²) in [4.78, 5) is 31.6. The highest BCUT2D eigenvalue weighted by molar-refractivity contribution is 9.10. The number of carbonyl (C=O) groups excluding carboxylic acids is 2. The number of imide groups is 1. The zero-order valence-electron chi connectivity index (χ0n) is 13.4. The van der Waals surface area contributed by atoms with Crippen LogP contribution in [-0.4, -0.2) is 21.8 Å². The van der Waals surface area contributed by atoms with Gasteiger partial charge in [0.2, 0.25) is 0 Å². The summed E-state index contributed by atoms with van der Waals surface area (Å²) in [5.41, 5.74) is 4.02. The molecule has 0 saturated heterocycles. The lowest BCUT2D eigenvalue weighted by atomic mass is 9.95. The Hall–Kier alpha value is -3.12. The van der Waals surface area contributed by atoms with Crippen molar-refractivity contribution in [2.24, 2.45) is 0 Å². The Kier molecular flexibility index (Phi) is 3.17. The van der Waals surface area contributed by atoms with Gasteiger partial charge in [0.15, 0.2) is 0 Å². The van der Waals surface area contributed by atoms with Gasteiger partial charge in [-0.15, -0.1) is 0 Å². The topological polar surface area (TPSA) is 77.8 Å². The average molecular weight is 406 g/mol. The van der Waals surface area contributed by atoms with Gasteiger partial charge in [-0.2, -0.15) is 0 Å². The summed E-state index contributed by atoms with van der Waals surface area (Å²) < 4.78 is 0.865. The number of halogens is 1. The highest BCUT2D eigenvalue weighted by Gasteiger charge is 2.34. The van der Waals surface area contributed by atoms with Crippen molar-refractivity contribution in [2.45, 2.75) is 0 Å². The van der Waals surface area contributed by atoms with E-state index < -0.39 is 0 Å². The molecule has 4 aromatic rings. The van der Waals surface area contributed by atoms with E-state index in [1.54, 1.807) is 12.4 Å². The molecule has 0 aliphatic carbocycles. The van der Waals surface area contributed by atoms with Crippen molar-refractivity contribution in [3.05, 3.63) is 70.5 Å². The molecule has 5 rings (SSSR count). The summed E-state index contributed by atoms with van der Waals surface area (Å²) in [6, 6.07) is 13.5. The molecule has 6 heteroatoms. The summed E-state index contributed by atoms with van der Waals surface area (Å²) in [5, 5.41) is 4.23. The number of amides is 2. The molecule has 0 spiro atoms. The third-order valence-electron chi connectivity index (χ3n) is 4.71. The third kappa shape index (κ3) is 2.02. The predicted molar refractivity (Wildman–Crippen MR) is 104 cm³/mol. The summed E-state index contributed by atoms with van der Waals surface area (Å²) in [6.45, 7) is 0. The highest BCUT2D eigenvalue weighted by Crippen LogP contribution is 2.39. The summed E-state index contributed by atoms with van der Waals surface area (Å²) in [7, 11) is 0.